The van der Waals surface area contributed by atoms with E-state index in [-0.39, 0.29) is 6.61 Å². The molecule has 2 amide bonds. The van der Waals surface area contributed by atoms with Crippen LogP contribution in [0.4, 0.5) is 15.5 Å². The highest BCUT2D eigenvalue weighted by atomic mass is 32.1. The number of hydrogen-bond acceptors (Lipinski definition) is 5. The number of hydrogen-bond donors (Lipinski definition) is 1. The molecule has 0 saturated heterocycles. The highest BCUT2D eigenvalue weighted by Gasteiger charge is 2.34. The molecule has 166 valence electrons. The minimum Gasteiger partial charge on any atom is -0.444 e. The van der Waals surface area contributed by atoms with Crippen LogP contribution in [0.15, 0.2) is 66.9 Å². The number of nitrogens with zero attached hydrogens (tertiary/aromatic N) is 3. The van der Waals surface area contributed by atoms with Crippen LogP contribution in [0.5, 0.6) is 0 Å². The Labute approximate surface area is 195 Å². The topological polar surface area (TPSA) is 90.4 Å². The van der Waals surface area contributed by atoms with Crippen molar-refractivity contribution in [1.82, 2.24) is 9.78 Å². The van der Waals surface area contributed by atoms with Crippen LogP contribution in [0.1, 0.15) is 26.4 Å². The average molecular weight is 459 g/mol. The summed E-state index contributed by atoms with van der Waals surface area (Å²) in [7, 11) is 1.86. The number of primary amides is 1. The zero-order chi connectivity index (χ0) is 22.9. The lowest BCUT2D eigenvalue weighted by molar-refractivity contribution is 0.100. The predicted octanol–water partition coefficient (Wildman–Crippen LogP) is 4.82. The van der Waals surface area contributed by atoms with Gasteiger partial charge in [-0.15, -0.1) is 11.3 Å². The van der Waals surface area contributed by atoms with E-state index in [0.717, 1.165) is 34.4 Å². The number of fused-ring (bicyclic) bond motifs is 3. The molecule has 4 aromatic rings. The molecule has 0 aliphatic heterocycles. The van der Waals surface area contributed by atoms with Gasteiger partial charge in [-0.25, -0.2) is 9.69 Å². The maximum atomic E-state index is 13.5. The van der Waals surface area contributed by atoms with E-state index in [0.29, 0.717) is 22.0 Å². The molecule has 1 aliphatic rings. The summed E-state index contributed by atoms with van der Waals surface area (Å²) in [5, 5.41) is 5.23. The van der Waals surface area contributed by atoms with Gasteiger partial charge in [0.1, 0.15) is 11.6 Å². The summed E-state index contributed by atoms with van der Waals surface area (Å²) in [6.07, 6.45) is 2.86. The van der Waals surface area contributed by atoms with Crippen molar-refractivity contribution in [1.29, 1.82) is 0 Å². The predicted molar refractivity (Wildman–Crippen MR) is 128 cm³/mol. The van der Waals surface area contributed by atoms with E-state index < -0.39 is 12.0 Å². The van der Waals surface area contributed by atoms with E-state index >= 15 is 0 Å². The molecule has 2 N–H and O–H groups in total. The van der Waals surface area contributed by atoms with Crippen molar-refractivity contribution in [3.63, 3.8) is 0 Å². The third kappa shape index (κ3) is 3.89. The number of rotatable bonds is 5. The van der Waals surface area contributed by atoms with Gasteiger partial charge in [-0.1, -0.05) is 48.5 Å². The number of aromatic nitrogens is 2. The number of aryl methyl sites for hydroxylation is 2. The Morgan fingerprint density at radius 2 is 1.79 bits per heavy atom. The smallest absolute Gasteiger partial charge is 0.419 e. The van der Waals surface area contributed by atoms with Gasteiger partial charge < -0.3 is 10.5 Å². The standard InChI is InChI=1S/C25H22N4O3S/c1-28-14-17-12-13-19-20(21(17)27-28)24(33-22(19)23(26)30)29(18-10-6-3-7-11-18)25(31)32-15-16-8-4-2-5-9-16/h2-11,14H,12-13,15H2,1H3,(H2,26,30). The highest BCUT2D eigenvalue weighted by Crippen LogP contribution is 2.48. The van der Waals surface area contributed by atoms with E-state index in [4.69, 9.17) is 10.5 Å². The van der Waals surface area contributed by atoms with Crippen molar-refractivity contribution in [2.24, 2.45) is 12.8 Å². The van der Waals surface area contributed by atoms with Gasteiger partial charge in [-0.3, -0.25) is 9.48 Å². The summed E-state index contributed by atoms with van der Waals surface area (Å²) in [6, 6.07) is 18.8. The van der Waals surface area contributed by atoms with Crippen LogP contribution in [0.25, 0.3) is 11.3 Å². The second-order valence-electron chi connectivity index (χ2n) is 7.84. The van der Waals surface area contributed by atoms with Gasteiger partial charge in [0.05, 0.1) is 16.3 Å². The van der Waals surface area contributed by atoms with Gasteiger partial charge in [-0.05, 0) is 41.7 Å². The van der Waals surface area contributed by atoms with Crippen LogP contribution < -0.4 is 10.6 Å². The first kappa shape index (κ1) is 21.0. The summed E-state index contributed by atoms with van der Waals surface area (Å²) in [6.45, 7) is 0.133. The van der Waals surface area contributed by atoms with Crippen molar-refractivity contribution in [2.45, 2.75) is 19.4 Å². The molecule has 0 saturated carbocycles. The van der Waals surface area contributed by atoms with Gasteiger partial charge in [-0.2, -0.15) is 5.10 Å². The highest BCUT2D eigenvalue weighted by molar-refractivity contribution is 7.19. The molecule has 0 radical (unpaired) electrons. The second-order valence-corrected chi connectivity index (χ2v) is 8.84. The van der Waals surface area contributed by atoms with Crippen LogP contribution in [0, 0.1) is 0 Å². The second kappa shape index (κ2) is 8.55. The fourth-order valence-electron chi connectivity index (χ4n) is 4.15. The van der Waals surface area contributed by atoms with Crippen LogP contribution in [0.3, 0.4) is 0 Å². The number of anilines is 2. The molecule has 0 atom stereocenters. The van der Waals surface area contributed by atoms with Gasteiger partial charge in [0.25, 0.3) is 5.91 Å². The fraction of sp³-hybridized carbons (Fsp3) is 0.160. The summed E-state index contributed by atoms with van der Waals surface area (Å²) in [5.41, 5.74) is 10.7. The molecular formula is C25H22N4O3S. The van der Waals surface area contributed by atoms with Crippen molar-refractivity contribution in [3.05, 3.63) is 88.4 Å². The van der Waals surface area contributed by atoms with Gasteiger partial charge in [0.15, 0.2) is 0 Å². The zero-order valence-corrected chi connectivity index (χ0v) is 18.8. The number of nitrogens with two attached hydrogens (primary N) is 1. The number of amides is 2. The van der Waals surface area contributed by atoms with Crippen molar-refractivity contribution < 1.29 is 14.3 Å². The first-order valence-corrected chi connectivity index (χ1v) is 11.4. The van der Waals surface area contributed by atoms with Crippen LogP contribution >= 0.6 is 11.3 Å². The Kier molecular flexibility index (Phi) is 5.43. The molecule has 0 bridgehead atoms. The average Bonchev–Trinajstić information content (AvgIpc) is 3.39. The Bertz CT molecular complexity index is 1330. The van der Waals surface area contributed by atoms with Crippen LogP contribution in [0.2, 0.25) is 0 Å². The molecular weight excluding hydrogens is 436 g/mol. The Morgan fingerprint density at radius 3 is 2.48 bits per heavy atom. The molecule has 0 unspecified atom stereocenters. The summed E-state index contributed by atoms with van der Waals surface area (Å²) in [4.78, 5) is 27.8. The molecule has 5 rings (SSSR count). The van der Waals surface area contributed by atoms with E-state index in [9.17, 15) is 9.59 Å². The quantitative estimate of drug-likeness (QED) is 0.464. The largest absolute Gasteiger partial charge is 0.444 e. The SMILES string of the molecule is Cn1cc2c(n1)-c1c(N(C(=O)OCc3ccccc3)c3ccccc3)sc(C(N)=O)c1CC2. The van der Waals surface area contributed by atoms with E-state index in [1.54, 1.807) is 4.68 Å². The number of carbonyl (C=O) groups is 2. The maximum absolute atomic E-state index is 13.5. The number of benzene rings is 2. The summed E-state index contributed by atoms with van der Waals surface area (Å²) < 4.78 is 7.46. The van der Waals surface area contributed by atoms with Gasteiger partial charge in [0, 0.05) is 18.8 Å². The number of para-hydroxylation sites is 1. The first-order chi connectivity index (χ1) is 16.0. The van der Waals surface area contributed by atoms with Gasteiger partial charge in [0.2, 0.25) is 0 Å². The molecule has 2 aromatic heterocycles. The minimum atomic E-state index is -0.534. The number of ether oxygens (including phenoxy) is 1. The summed E-state index contributed by atoms with van der Waals surface area (Å²) >= 11 is 1.21. The van der Waals surface area contributed by atoms with Crippen molar-refractivity contribution in [2.75, 3.05) is 4.90 Å². The lowest BCUT2D eigenvalue weighted by atomic mass is 9.91. The lowest BCUT2D eigenvalue weighted by Gasteiger charge is -2.23. The van der Waals surface area contributed by atoms with Crippen LogP contribution in [-0.2, 0) is 31.2 Å². The van der Waals surface area contributed by atoms with Gasteiger partial charge >= 0.3 is 6.09 Å². The first-order valence-electron chi connectivity index (χ1n) is 10.6. The molecule has 8 heteroatoms. The minimum absolute atomic E-state index is 0.133. The number of carbonyl (C=O) groups excluding carboxylic acids is 2. The molecule has 1 aliphatic carbocycles. The molecule has 2 aromatic carbocycles. The Hall–Kier alpha value is -3.91. The lowest BCUT2D eigenvalue weighted by Crippen LogP contribution is -2.26. The Balaban J connectivity index is 1.63. The molecule has 0 fully saturated rings. The van der Waals surface area contributed by atoms with E-state index in [2.05, 4.69) is 5.10 Å². The maximum Gasteiger partial charge on any atom is 0.419 e. The van der Waals surface area contributed by atoms with Crippen LogP contribution in [-0.4, -0.2) is 21.8 Å². The zero-order valence-electron chi connectivity index (χ0n) is 18.0. The van der Waals surface area contributed by atoms with Crippen molar-refractivity contribution in [3.8, 4) is 11.3 Å². The number of thiophene rings is 1. The molecule has 33 heavy (non-hydrogen) atoms. The van der Waals surface area contributed by atoms with Crippen molar-refractivity contribution >= 4 is 34.0 Å². The Morgan fingerprint density at radius 1 is 1.09 bits per heavy atom. The fourth-order valence-corrected chi connectivity index (χ4v) is 5.36. The molecule has 7 nitrogen and oxygen atoms in total. The molecule has 2 heterocycles. The molecule has 0 spiro atoms. The summed E-state index contributed by atoms with van der Waals surface area (Å²) in [5.74, 6) is -0.507. The van der Waals surface area contributed by atoms with E-state index in [1.165, 1.54) is 16.2 Å². The monoisotopic (exact) mass is 458 g/mol. The van der Waals surface area contributed by atoms with E-state index in [1.807, 2.05) is 73.9 Å². The third-order valence-corrected chi connectivity index (χ3v) is 6.83. The normalized spacial score (nSPS) is 12.0. The third-order valence-electron chi connectivity index (χ3n) is 5.60.